The summed E-state index contributed by atoms with van der Waals surface area (Å²) in [5.41, 5.74) is 0.869. The lowest BCUT2D eigenvalue weighted by atomic mass is 9.89. The van der Waals surface area contributed by atoms with Crippen LogP contribution in [0.5, 0.6) is 0 Å². The first-order valence-electron chi connectivity index (χ1n) is 12.6. The summed E-state index contributed by atoms with van der Waals surface area (Å²) in [4.78, 5) is 13.0. The lowest BCUT2D eigenvalue weighted by Crippen LogP contribution is -3.00. The highest BCUT2D eigenvalue weighted by molar-refractivity contribution is 5.76. The molecule has 31 heavy (non-hydrogen) atoms. The summed E-state index contributed by atoms with van der Waals surface area (Å²) >= 11 is 0. The Bertz CT molecular complexity index is 576. The van der Waals surface area contributed by atoms with Crippen molar-refractivity contribution in [3.8, 4) is 0 Å². The molecule has 0 radical (unpaired) electrons. The fraction of sp³-hybridized carbons (Fsp3) is 0.741. The number of unbranched alkanes of at least 4 members (excludes halogenated alkanes) is 8. The summed E-state index contributed by atoms with van der Waals surface area (Å²) < 4.78 is 0.783. The Labute approximate surface area is 199 Å². The molecule has 180 valence electrons. The van der Waals surface area contributed by atoms with Crippen molar-refractivity contribution in [3.05, 3.63) is 35.9 Å². The minimum absolute atomic E-state index is 0. The molecular formula is C27H49ClN2O. The van der Waals surface area contributed by atoms with E-state index in [9.17, 15) is 4.79 Å². The molecule has 0 aliphatic heterocycles. The van der Waals surface area contributed by atoms with Crippen LogP contribution in [0.2, 0.25) is 0 Å². The first-order valence-corrected chi connectivity index (χ1v) is 12.6. The molecule has 0 heterocycles. The topological polar surface area (TPSA) is 29.1 Å². The van der Waals surface area contributed by atoms with Gasteiger partial charge in [-0.2, -0.15) is 0 Å². The zero-order valence-corrected chi connectivity index (χ0v) is 21.8. The van der Waals surface area contributed by atoms with Crippen LogP contribution in [0.3, 0.4) is 0 Å². The van der Waals surface area contributed by atoms with Crippen molar-refractivity contribution in [1.29, 1.82) is 0 Å². The van der Waals surface area contributed by atoms with Crippen LogP contribution in [0.15, 0.2) is 30.3 Å². The molecule has 0 spiro atoms. The van der Waals surface area contributed by atoms with E-state index in [2.05, 4.69) is 70.5 Å². The van der Waals surface area contributed by atoms with Crippen molar-refractivity contribution in [2.24, 2.45) is 0 Å². The van der Waals surface area contributed by atoms with Crippen molar-refractivity contribution >= 4 is 5.91 Å². The number of hydrogen-bond donors (Lipinski definition) is 1. The summed E-state index contributed by atoms with van der Waals surface area (Å²) in [7, 11) is 4.54. The van der Waals surface area contributed by atoms with Crippen LogP contribution in [0.4, 0.5) is 0 Å². The molecule has 0 fully saturated rings. The number of rotatable bonds is 17. The Hall–Kier alpha value is -1.06. The number of quaternary nitrogens is 1. The second-order valence-corrected chi connectivity index (χ2v) is 9.51. The van der Waals surface area contributed by atoms with Crippen LogP contribution in [0.1, 0.15) is 110 Å². The molecule has 0 aliphatic rings. The fourth-order valence-electron chi connectivity index (χ4n) is 4.80. The van der Waals surface area contributed by atoms with E-state index in [0.29, 0.717) is 6.42 Å². The molecule has 0 saturated carbocycles. The largest absolute Gasteiger partial charge is 1.00 e. The van der Waals surface area contributed by atoms with E-state index in [1.54, 1.807) is 0 Å². The summed E-state index contributed by atoms with van der Waals surface area (Å²) in [5.74, 6) is 0.206. The lowest BCUT2D eigenvalue weighted by molar-refractivity contribution is -0.953. The van der Waals surface area contributed by atoms with Crippen molar-refractivity contribution in [2.75, 3.05) is 20.6 Å². The number of benzene rings is 1. The van der Waals surface area contributed by atoms with Gasteiger partial charge in [0.1, 0.15) is 0 Å². The third-order valence-corrected chi connectivity index (χ3v) is 6.53. The molecule has 1 amide bonds. The zero-order chi connectivity index (χ0) is 22.3. The van der Waals surface area contributed by atoms with Crippen LogP contribution in [0, 0.1) is 0 Å². The van der Waals surface area contributed by atoms with Gasteiger partial charge in [-0.15, -0.1) is 0 Å². The summed E-state index contributed by atoms with van der Waals surface area (Å²) in [5, 5.41) is 3.53. The average molecular weight is 453 g/mol. The highest BCUT2D eigenvalue weighted by Gasteiger charge is 2.47. The third kappa shape index (κ3) is 9.95. The van der Waals surface area contributed by atoms with Gasteiger partial charge in [0.2, 0.25) is 11.6 Å². The maximum absolute atomic E-state index is 13.0. The molecule has 0 bridgehead atoms. The molecule has 3 nitrogen and oxygen atoms in total. The Balaban J connectivity index is 0.00000900. The summed E-state index contributed by atoms with van der Waals surface area (Å²) in [6, 6.07) is 10.6. The zero-order valence-electron chi connectivity index (χ0n) is 21.0. The molecule has 1 rings (SSSR count). The molecule has 1 N–H and O–H groups in total. The van der Waals surface area contributed by atoms with Crippen LogP contribution in [0.25, 0.3) is 0 Å². The number of halogens is 1. The van der Waals surface area contributed by atoms with Crippen LogP contribution < -0.4 is 17.7 Å². The number of hydrogen-bond acceptors (Lipinski definition) is 1. The predicted molar refractivity (Wildman–Crippen MR) is 130 cm³/mol. The first kappa shape index (κ1) is 29.9. The van der Waals surface area contributed by atoms with Gasteiger partial charge in [0, 0.05) is 18.4 Å². The number of nitrogens with one attached hydrogen (secondary N) is 1. The molecule has 1 atom stereocenters. The third-order valence-electron chi connectivity index (χ3n) is 6.53. The Morgan fingerprint density at radius 1 is 0.806 bits per heavy atom. The minimum Gasteiger partial charge on any atom is -1.00 e. The molecule has 1 unspecified atom stereocenters. The minimum atomic E-state index is -0.359. The molecule has 0 aromatic heterocycles. The number of carbonyl (C=O) groups excluding carboxylic acids is 1. The monoisotopic (exact) mass is 452 g/mol. The fourth-order valence-corrected chi connectivity index (χ4v) is 4.80. The van der Waals surface area contributed by atoms with Crippen LogP contribution >= 0.6 is 0 Å². The maximum Gasteiger partial charge on any atom is 0.224 e. The number of nitrogens with zero attached hydrogens (tertiary/aromatic N) is 1. The Kier molecular flexibility index (Phi) is 16.0. The quantitative estimate of drug-likeness (QED) is 0.214. The first-order chi connectivity index (χ1) is 14.4. The molecule has 1 aromatic carbocycles. The van der Waals surface area contributed by atoms with Crippen molar-refractivity contribution in [3.63, 3.8) is 0 Å². The summed E-state index contributed by atoms with van der Waals surface area (Å²) in [6.07, 6.45) is 15.2. The number of carbonyl (C=O) groups is 1. The molecular weight excluding hydrogens is 404 g/mol. The van der Waals surface area contributed by atoms with Gasteiger partial charge in [-0.3, -0.25) is 4.79 Å². The smallest absolute Gasteiger partial charge is 0.224 e. The van der Waals surface area contributed by atoms with Crippen LogP contribution in [-0.2, 0) is 10.5 Å². The van der Waals surface area contributed by atoms with Crippen molar-refractivity contribution in [1.82, 2.24) is 5.32 Å². The second-order valence-electron chi connectivity index (χ2n) is 9.51. The van der Waals surface area contributed by atoms with E-state index in [1.165, 1.54) is 56.9 Å². The molecule has 0 saturated heterocycles. The average Bonchev–Trinajstić information content (AvgIpc) is 2.72. The van der Waals surface area contributed by atoms with Gasteiger partial charge in [-0.1, -0.05) is 102 Å². The van der Waals surface area contributed by atoms with Gasteiger partial charge >= 0.3 is 0 Å². The van der Waals surface area contributed by atoms with Crippen molar-refractivity contribution < 1.29 is 21.7 Å². The van der Waals surface area contributed by atoms with Gasteiger partial charge in [0.05, 0.1) is 20.6 Å². The van der Waals surface area contributed by atoms with E-state index < -0.39 is 0 Å². The highest BCUT2D eigenvalue weighted by atomic mass is 35.5. The van der Waals surface area contributed by atoms with E-state index in [4.69, 9.17) is 0 Å². The summed E-state index contributed by atoms with van der Waals surface area (Å²) in [6.45, 7) is 7.75. The van der Waals surface area contributed by atoms with Gasteiger partial charge < -0.3 is 22.2 Å². The van der Waals surface area contributed by atoms with Gasteiger partial charge in [0.15, 0.2) is 0 Å². The highest BCUT2D eigenvalue weighted by Crippen LogP contribution is 2.35. The van der Waals surface area contributed by atoms with Gasteiger partial charge in [-0.25, -0.2) is 0 Å². The van der Waals surface area contributed by atoms with Gasteiger partial charge in [-0.05, 0) is 19.3 Å². The second kappa shape index (κ2) is 16.6. The molecule has 4 heteroatoms. The van der Waals surface area contributed by atoms with Gasteiger partial charge in [0.25, 0.3) is 0 Å². The van der Waals surface area contributed by atoms with E-state index >= 15 is 0 Å². The normalized spacial score (nSPS) is 13.3. The number of amides is 1. The standard InChI is InChI=1S/C27H48N2O.ClH/c1-6-9-10-11-12-13-14-15-19-22-26(30)28-27(23-7-2,29(4,5)24-8-3)25-20-17-16-18-21-25;/h16-18,20-21H,6-15,19,22-24H2,1-5H3;1H. The predicted octanol–water partition coefficient (Wildman–Crippen LogP) is 4.17. The SMILES string of the molecule is CCCCCCCCCCCC(=O)NC(CCC)(c1ccccc1)[N+](C)(C)CCC.[Cl-]. The molecule has 0 aliphatic carbocycles. The van der Waals surface area contributed by atoms with E-state index in [0.717, 1.165) is 36.7 Å². The maximum atomic E-state index is 13.0. The van der Waals surface area contributed by atoms with E-state index in [1.807, 2.05) is 0 Å². The van der Waals surface area contributed by atoms with Crippen molar-refractivity contribution in [2.45, 2.75) is 110 Å². The Morgan fingerprint density at radius 3 is 1.87 bits per heavy atom. The molecule has 1 aromatic rings. The van der Waals surface area contributed by atoms with Crippen LogP contribution in [-0.4, -0.2) is 31.0 Å². The van der Waals surface area contributed by atoms with E-state index in [-0.39, 0.29) is 24.0 Å². The Morgan fingerprint density at radius 2 is 1.35 bits per heavy atom. The lowest BCUT2D eigenvalue weighted by Gasteiger charge is -2.49.